The fraction of sp³-hybridized carbons (Fsp3) is 0.929. The summed E-state index contributed by atoms with van der Waals surface area (Å²) in [6, 6.07) is 0. The lowest BCUT2D eigenvalue weighted by Gasteiger charge is -2.16. The molecule has 0 heterocycles. The minimum Gasteiger partial charge on any atom is -0.349 e. The lowest BCUT2D eigenvalue weighted by molar-refractivity contribution is -0.128. The molecule has 98 valence electrons. The molecule has 3 heteroatoms. The zero-order valence-electron chi connectivity index (χ0n) is 11.2. The fourth-order valence-corrected chi connectivity index (χ4v) is 2.62. The molecular weight excluding hydrogens is 212 g/mol. The molecule has 2 fully saturated rings. The SMILES string of the molecule is CN(C)C(=O)CCCNCC(C1CC1)C1CC1. The Morgan fingerprint density at radius 2 is 1.82 bits per heavy atom. The standard InChI is InChI=1S/C14H26N2O/c1-16(2)14(17)4-3-9-15-10-13(11-5-6-11)12-7-8-12/h11-13,15H,3-10H2,1-2H3. The molecule has 17 heavy (non-hydrogen) atoms. The van der Waals surface area contributed by atoms with Crippen LogP contribution in [0.15, 0.2) is 0 Å². The maximum Gasteiger partial charge on any atom is 0.222 e. The van der Waals surface area contributed by atoms with E-state index in [-0.39, 0.29) is 5.91 Å². The molecule has 0 spiro atoms. The number of carbonyl (C=O) groups excluding carboxylic acids is 1. The van der Waals surface area contributed by atoms with Crippen LogP contribution in [0.2, 0.25) is 0 Å². The summed E-state index contributed by atoms with van der Waals surface area (Å²) in [5.41, 5.74) is 0. The molecule has 0 aliphatic heterocycles. The Hall–Kier alpha value is -0.570. The predicted molar refractivity (Wildman–Crippen MR) is 69.7 cm³/mol. The van der Waals surface area contributed by atoms with Gasteiger partial charge in [-0.2, -0.15) is 0 Å². The third-order valence-corrected chi connectivity index (χ3v) is 4.08. The van der Waals surface area contributed by atoms with E-state index in [0.29, 0.717) is 6.42 Å². The van der Waals surface area contributed by atoms with Crippen molar-refractivity contribution in [2.45, 2.75) is 38.5 Å². The first-order valence-electron chi connectivity index (χ1n) is 7.09. The Bertz CT molecular complexity index is 245. The lowest BCUT2D eigenvalue weighted by Crippen LogP contribution is -2.28. The molecule has 2 aliphatic carbocycles. The van der Waals surface area contributed by atoms with Crippen molar-refractivity contribution < 1.29 is 4.79 Å². The van der Waals surface area contributed by atoms with Crippen LogP contribution in [-0.2, 0) is 4.79 Å². The van der Waals surface area contributed by atoms with Crippen LogP contribution in [0.3, 0.4) is 0 Å². The highest BCUT2D eigenvalue weighted by atomic mass is 16.2. The summed E-state index contributed by atoms with van der Waals surface area (Å²) >= 11 is 0. The van der Waals surface area contributed by atoms with Gasteiger partial charge >= 0.3 is 0 Å². The number of rotatable bonds is 8. The van der Waals surface area contributed by atoms with E-state index in [1.807, 2.05) is 14.1 Å². The van der Waals surface area contributed by atoms with E-state index in [1.54, 1.807) is 4.90 Å². The predicted octanol–water partition coefficient (Wildman–Crippen LogP) is 1.88. The van der Waals surface area contributed by atoms with Crippen LogP contribution in [0.25, 0.3) is 0 Å². The van der Waals surface area contributed by atoms with Gasteiger partial charge < -0.3 is 10.2 Å². The van der Waals surface area contributed by atoms with Gasteiger partial charge in [-0.3, -0.25) is 4.79 Å². The van der Waals surface area contributed by atoms with E-state index in [2.05, 4.69) is 5.32 Å². The zero-order chi connectivity index (χ0) is 12.3. The monoisotopic (exact) mass is 238 g/mol. The highest BCUT2D eigenvalue weighted by Crippen LogP contribution is 2.48. The van der Waals surface area contributed by atoms with E-state index < -0.39 is 0 Å². The first kappa shape index (κ1) is 12.9. The normalized spacial score (nSPS) is 19.7. The maximum absolute atomic E-state index is 11.4. The number of carbonyl (C=O) groups is 1. The van der Waals surface area contributed by atoms with Crippen molar-refractivity contribution in [1.82, 2.24) is 10.2 Å². The largest absolute Gasteiger partial charge is 0.349 e. The molecule has 0 radical (unpaired) electrons. The summed E-state index contributed by atoms with van der Waals surface area (Å²) in [6.45, 7) is 2.18. The van der Waals surface area contributed by atoms with E-state index in [1.165, 1.54) is 32.2 Å². The van der Waals surface area contributed by atoms with E-state index in [4.69, 9.17) is 0 Å². The molecule has 2 rings (SSSR count). The van der Waals surface area contributed by atoms with Crippen LogP contribution in [0.4, 0.5) is 0 Å². The third kappa shape index (κ3) is 4.30. The number of hydrogen-bond donors (Lipinski definition) is 1. The smallest absolute Gasteiger partial charge is 0.222 e. The van der Waals surface area contributed by atoms with Gasteiger partial charge in [0.2, 0.25) is 5.91 Å². The number of nitrogens with zero attached hydrogens (tertiary/aromatic N) is 1. The van der Waals surface area contributed by atoms with Crippen molar-refractivity contribution in [3.8, 4) is 0 Å². The molecule has 2 aliphatic rings. The molecule has 0 aromatic carbocycles. The summed E-state index contributed by atoms with van der Waals surface area (Å²) in [6.07, 6.45) is 7.49. The minimum absolute atomic E-state index is 0.243. The van der Waals surface area contributed by atoms with Crippen LogP contribution in [0.1, 0.15) is 38.5 Å². The molecule has 0 unspecified atom stereocenters. The third-order valence-electron chi connectivity index (χ3n) is 4.08. The highest BCUT2D eigenvalue weighted by Gasteiger charge is 2.40. The van der Waals surface area contributed by atoms with Crippen LogP contribution < -0.4 is 5.32 Å². The molecule has 0 atom stereocenters. The van der Waals surface area contributed by atoms with Gasteiger partial charge in [0.25, 0.3) is 0 Å². The Morgan fingerprint density at radius 3 is 2.29 bits per heavy atom. The molecular formula is C14H26N2O. The molecule has 3 nitrogen and oxygen atoms in total. The van der Waals surface area contributed by atoms with Gasteiger partial charge in [0.05, 0.1) is 0 Å². The van der Waals surface area contributed by atoms with Gasteiger partial charge in [0.15, 0.2) is 0 Å². The number of nitrogens with one attached hydrogen (secondary N) is 1. The van der Waals surface area contributed by atoms with Gasteiger partial charge in [-0.25, -0.2) is 0 Å². The van der Waals surface area contributed by atoms with Crippen molar-refractivity contribution >= 4 is 5.91 Å². The minimum atomic E-state index is 0.243. The second-order valence-electron chi connectivity index (χ2n) is 5.93. The van der Waals surface area contributed by atoms with Crippen molar-refractivity contribution in [2.24, 2.45) is 17.8 Å². The topological polar surface area (TPSA) is 32.3 Å². The quantitative estimate of drug-likeness (QED) is 0.655. The van der Waals surface area contributed by atoms with Crippen molar-refractivity contribution in [2.75, 3.05) is 27.2 Å². The highest BCUT2D eigenvalue weighted by molar-refractivity contribution is 5.75. The Labute approximate surface area is 105 Å². The van der Waals surface area contributed by atoms with Gasteiger partial charge in [0.1, 0.15) is 0 Å². The fourth-order valence-electron chi connectivity index (χ4n) is 2.62. The van der Waals surface area contributed by atoms with Crippen LogP contribution in [0, 0.1) is 17.8 Å². The number of hydrogen-bond acceptors (Lipinski definition) is 2. The Morgan fingerprint density at radius 1 is 1.24 bits per heavy atom. The summed E-state index contributed by atoms with van der Waals surface area (Å²) in [5, 5.41) is 3.55. The van der Waals surface area contributed by atoms with Gasteiger partial charge in [-0.15, -0.1) is 0 Å². The molecule has 2 saturated carbocycles. The van der Waals surface area contributed by atoms with Gasteiger partial charge in [-0.05, 0) is 62.9 Å². The second-order valence-corrected chi connectivity index (χ2v) is 5.93. The molecule has 1 amide bonds. The second kappa shape index (κ2) is 5.85. The lowest BCUT2D eigenvalue weighted by atomic mass is 9.98. The van der Waals surface area contributed by atoms with Gasteiger partial charge in [0, 0.05) is 20.5 Å². The van der Waals surface area contributed by atoms with E-state index >= 15 is 0 Å². The van der Waals surface area contributed by atoms with E-state index in [0.717, 1.165) is 30.7 Å². The first-order chi connectivity index (χ1) is 8.18. The summed E-state index contributed by atoms with van der Waals surface area (Å²) < 4.78 is 0. The molecule has 0 saturated heterocycles. The molecule has 0 aromatic heterocycles. The van der Waals surface area contributed by atoms with Crippen LogP contribution in [0.5, 0.6) is 0 Å². The zero-order valence-corrected chi connectivity index (χ0v) is 11.2. The first-order valence-corrected chi connectivity index (χ1v) is 7.09. The van der Waals surface area contributed by atoms with Crippen molar-refractivity contribution in [1.29, 1.82) is 0 Å². The van der Waals surface area contributed by atoms with Crippen molar-refractivity contribution in [3.05, 3.63) is 0 Å². The molecule has 1 N–H and O–H groups in total. The van der Waals surface area contributed by atoms with Crippen LogP contribution in [-0.4, -0.2) is 38.0 Å². The molecule has 0 aromatic rings. The Balaban J connectivity index is 1.51. The average Bonchev–Trinajstić information content (AvgIpc) is 3.16. The summed E-state index contributed by atoms with van der Waals surface area (Å²) in [5.74, 6) is 3.24. The maximum atomic E-state index is 11.4. The van der Waals surface area contributed by atoms with Crippen molar-refractivity contribution in [3.63, 3.8) is 0 Å². The average molecular weight is 238 g/mol. The van der Waals surface area contributed by atoms with E-state index in [9.17, 15) is 4.79 Å². The summed E-state index contributed by atoms with van der Waals surface area (Å²) in [4.78, 5) is 13.1. The summed E-state index contributed by atoms with van der Waals surface area (Å²) in [7, 11) is 3.65. The van der Waals surface area contributed by atoms with Crippen LogP contribution >= 0.6 is 0 Å². The Kier molecular flexibility index (Phi) is 4.43. The van der Waals surface area contributed by atoms with Gasteiger partial charge in [-0.1, -0.05) is 0 Å². The number of amides is 1. The molecule has 0 bridgehead atoms.